The smallest absolute Gasteiger partial charge is 0.123 e. The first-order valence-corrected chi connectivity index (χ1v) is 6.48. The van der Waals surface area contributed by atoms with Gasteiger partial charge in [0.05, 0.1) is 6.04 Å². The van der Waals surface area contributed by atoms with Gasteiger partial charge in [-0.05, 0) is 66.8 Å². The molecule has 0 aromatic heterocycles. The number of benzene rings is 2. The van der Waals surface area contributed by atoms with Crippen LogP contribution in [0.4, 0.5) is 8.78 Å². The molecule has 0 amide bonds. The summed E-state index contributed by atoms with van der Waals surface area (Å²) >= 11 is 0. The lowest BCUT2D eigenvalue weighted by Crippen LogP contribution is -2.30. The van der Waals surface area contributed by atoms with Crippen LogP contribution in [0.25, 0.3) is 0 Å². The molecule has 3 N–H and O–H groups in total. The molecule has 2 aromatic carbocycles. The van der Waals surface area contributed by atoms with E-state index in [1.807, 2.05) is 13.8 Å². The van der Waals surface area contributed by atoms with E-state index in [2.05, 4.69) is 5.43 Å². The van der Waals surface area contributed by atoms with Crippen molar-refractivity contribution in [2.75, 3.05) is 0 Å². The number of hydrogen-bond acceptors (Lipinski definition) is 2. The van der Waals surface area contributed by atoms with E-state index in [1.165, 1.54) is 24.3 Å². The minimum atomic E-state index is -0.274. The maximum atomic E-state index is 13.3. The van der Waals surface area contributed by atoms with Crippen LogP contribution in [0.2, 0.25) is 0 Å². The molecular formula is C16H18F2N2. The molecule has 0 saturated carbocycles. The van der Waals surface area contributed by atoms with Crippen molar-refractivity contribution in [1.82, 2.24) is 5.43 Å². The molecule has 0 spiro atoms. The number of rotatable bonds is 4. The van der Waals surface area contributed by atoms with Crippen LogP contribution in [0.5, 0.6) is 0 Å². The Morgan fingerprint density at radius 2 is 1.65 bits per heavy atom. The van der Waals surface area contributed by atoms with E-state index < -0.39 is 0 Å². The third-order valence-corrected chi connectivity index (χ3v) is 3.54. The molecule has 2 nitrogen and oxygen atoms in total. The minimum Gasteiger partial charge on any atom is -0.271 e. The van der Waals surface area contributed by atoms with Gasteiger partial charge in [-0.3, -0.25) is 11.3 Å². The summed E-state index contributed by atoms with van der Waals surface area (Å²) in [7, 11) is 0. The lowest BCUT2D eigenvalue weighted by atomic mass is 9.94. The molecule has 0 bridgehead atoms. The molecule has 20 heavy (non-hydrogen) atoms. The quantitative estimate of drug-likeness (QED) is 0.664. The van der Waals surface area contributed by atoms with Crippen molar-refractivity contribution < 1.29 is 8.78 Å². The predicted molar refractivity (Wildman–Crippen MR) is 76.0 cm³/mol. The van der Waals surface area contributed by atoms with Crippen LogP contribution in [-0.4, -0.2) is 0 Å². The van der Waals surface area contributed by atoms with E-state index >= 15 is 0 Å². The molecule has 0 fully saturated rings. The summed E-state index contributed by atoms with van der Waals surface area (Å²) in [5, 5.41) is 0. The maximum absolute atomic E-state index is 13.3. The summed E-state index contributed by atoms with van der Waals surface area (Å²) in [5.41, 5.74) is 6.36. The van der Waals surface area contributed by atoms with Crippen molar-refractivity contribution in [2.45, 2.75) is 26.3 Å². The number of halogens is 2. The van der Waals surface area contributed by atoms with Gasteiger partial charge < -0.3 is 0 Å². The first-order valence-electron chi connectivity index (χ1n) is 6.48. The van der Waals surface area contributed by atoms with E-state index in [0.717, 1.165) is 22.3 Å². The Kier molecular flexibility index (Phi) is 4.47. The highest BCUT2D eigenvalue weighted by Gasteiger charge is 2.15. The van der Waals surface area contributed by atoms with Crippen LogP contribution in [0.1, 0.15) is 28.3 Å². The molecule has 106 valence electrons. The monoisotopic (exact) mass is 276 g/mol. The van der Waals surface area contributed by atoms with Gasteiger partial charge in [-0.25, -0.2) is 8.78 Å². The highest BCUT2D eigenvalue weighted by Crippen LogP contribution is 2.23. The summed E-state index contributed by atoms with van der Waals surface area (Å²) < 4.78 is 26.5. The van der Waals surface area contributed by atoms with Gasteiger partial charge in [0.15, 0.2) is 0 Å². The Morgan fingerprint density at radius 1 is 1.00 bits per heavy atom. The third-order valence-electron chi connectivity index (χ3n) is 3.54. The van der Waals surface area contributed by atoms with E-state index in [1.54, 1.807) is 12.1 Å². The van der Waals surface area contributed by atoms with Gasteiger partial charge in [-0.1, -0.05) is 12.1 Å². The molecule has 0 aliphatic heterocycles. The fourth-order valence-electron chi connectivity index (χ4n) is 2.37. The van der Waals surface area contributed by atoms with Crippen LogP contribution < -0.4 is 11.3 Å². The number of hydrazine groups is 1. The Bertz CT molecular complexity index is 611. The summed E-state index contributed by atoms with van der Waals surface area (Å²) in [5.74, 6) is 5.07. The number of nitrogens with one attached hydrogen (secondary N) is 1. The molecule has 2 aromatic rings. The Labute approximate surface area is 117 Å². The van der Waals surface area contributed by atoms with Gasteiger partial charge in [0.25, 0.3) is 0 Å². The topological polar surface area (TPSA) is 38.0 Å². The highest BCUT2D eigenvalue weighted by molar-refractivity contribution is 5.33. The standard InChI is InChI=1S/C16H18F2N2/c1-10-3-4-14(18)8-12(10)9-16(20-19)15-6-5-13(17)7-11(15)2/h3-8,16,20H,9,19H2,1-2H3. The molecule has 1 atom stereocenters. The Balaban J connectivity index is 2.31. The Morgan fingerprint density at radius 3 is 2.30 bits per heavy atom. The highest BCUT2D eigenvalue weighted by atomic mass is 19.1. The van der Waals surface area contributed by atoms with E-state index in [4.69, 9.17) is 5.84 Å². The fraction of sp³-hybridized carbons (Fsp3) is 0.250. The van der Waals surface area contributed by atoms with E-state index in [0.29, 0.717) is 6.42 Å². The lowest BCUT2D eigenvalue weighted by molar-refractivity contribution is 0.542. The second-order valence-corrected chi connectivity index (χ2v) is 5.00. The molecule has 0 aliphatic carbocycles. The van der Waals surface area contributed by atoms with Crippen molar-refractivity contribution in [3.8, 4) is 0 Å². The second-order valence-electron chi connectivity index (χ2n) is 5.00. The zero-order valence-corrected chi connectivity index (χ0v) is 11.6. The van der Waals surface area contributed by atoms with Gasteiger partial charge >= 0.3 is 0 Å². The van der Waals surface area contributed by atoms with Crippen molar-refractivity contribution in [3.05, 3.63) is 70.3 Å². The van der Waals surface area contributed by atoms with Crippen LogP contribution in [-0.2, 0) is 6.42 Å². The van der Waals surface area contributed by atoms with Crippen LogP contribution in [0.15, 0.2) is 36.4 Å². The summed E-state index contributed by atoms with van der Waals surface area (Å²) in [4.78, 5) is 0. The molecule has 0 radical (unpaired) electrons. The minimum absolute atomic E-state index is 0.184. The fourth-order valence-corrected chi connectivity index (χ4v) is 2.37. The second kappa shape index (κ2) is 6.11. The molecule has 0 aliphatic rings. The lowest BCUT2D eigenvalue weighted by Gasteiger charge is -2.20. The molecule has 4 heteroatoms. The van der Waals surface area contributed by atoms with Gasteiger partial charge in [0.2, 0.25) is 0 Å². The molecular weight excluding hydrogens is 258 g/mol. The first kappa shape index (κ1) is 14.6. The number of nitrogens with two attached hydrogens (primary N) is 1. The van der Waals surface area contributed by atoms with Gasteiger partial charge in [0, 0.05) is 0 Å². The molecule has 0 saturated heterocycles. The van der Waals surface area contributed by atoms with Crippen molar-refractivity contribution in [2.24, 2.45) is 5.84 Å². The van der Waals surface area contributed by atoms with Crippen molar-refractivity contribution in [1.29, 1.82) is 0 Å². The van der Waals surface area contributed by atoms with Crippen molar-refractivity contribution >= 4 is 0 Å². The summed E-state index contributed by atoms with van der Waals surface area (Å²) in [6.45, 7) is 3.76. The summed E-state index contributed by atoms with van der Waals surface area (Å²) in [6.07, 6.45) is 0.548. The van der Waals surface area contributed by atoms with Crippen LogP contribution in [0, 0.1) is 25.5 Å². The zero-order chi connectivity index (χ0) is 14.7. The van der Waals surface area contributed by atoms with Gasteiger partial charge in [-0.2, -0.15) is 0 Å². The maximum Gasteiger partial charge on any atom is 0.123 e. The van der Waals surface area contributed by atoms with Gasteiger partial charge in [0.1, 0.15) is 11.6 Å². The van der Waals surface area contributed by atoms with E-state index in [9.17, 15) is 8.78 Å². The number of hydrogen-bond donors (Lipinski definition) is 2. The molecule has 1 unspecified atom stereocenters. The molecule has 2 rings (SSSR count). The SMILES string of the molecule is Cc1ccc(F)cc1CC(NN)c1ccc(F)cc1C. The van der Waals surface area contributed by atoms with Crippen molar-refractivity contribution in [3.63, 3.8) is 0 Å². The first-order chi connectivity index (χ1) is 9.51. The van der Waals surface area contributed by atoms with Crippen LogP contribution >= 0.6 is 0 Å². The van der Waals surface area contributed by atoms with Crippen LogP contribution in [0.3, 0.4) is 0 Å². The average Bonchev–Trinajstić information content (AvgIpc) is 2.40. The normalized spacial score (nSPS) is 12.4. The summed E-state index contributed by atoms with van der Waals surface area (Å²) in [6, 6.07) is 9.10. The molecule has 0 heterocycles. The number of aryl methyl sites for hydroxylation is 2. The Hall–Kier alpha value is -1.78. The van der Waals surface area contributed by atoms with E-state index in [-0.39, 0.29) is 17.7 Å². The zero-order valence-electron chi connectivity index (χ0n) is 11.6. The third kappa shape index (κ3) is 3.21. The largest absolute Gasteiger partial charge is 0.271 e. The van der Waals surface area contributed by atoms with Gasteiger partial charge in [-0.15, -0.1) is 0 Å². The average molecular weight is 276 g/mol. The predicted octanol–water partition coefficient (Wildman–Crippen LogP) is 3.33.